The molecule has 1 amide bonds. The van der Waals surface area contributed by atoms with Crippen molar-refractivity contribution in [3.8, 4) is 5.75 Å². The zero-order chi connectivity index (χ0) is 12.8. The zero-order valence-corrected chi connectivity index (χ0v) is 10.6. The van der Waals surface area contributed by atoms with Crippen molar-refractivity contribution in [2.24, 2.45) is 5.92 Å². The van der Waals surface area contributed by atoms with Gasteiger partial charge in [-0.3, -0.25) is 4.79 Å². The standard InChI is InChI=1S/C13H20N2O2/c1-4-15(13(17)10(2)9-14-3)11-6-5-7-12(16)8-11/h5-8,10,14,16H,4,9H2,1-3H3. The molecule has 0 aliphatic rings. The fraction of sp³-hybridized carbons (Fsp3) is 0.462. The van der Waals surface area contributed by atoms with Gasteiger partial charge in [0.25, 0.3) is 0 Å². The Balaban J connectivity index is 2.88. The minimum Gasteiger partial charge on any atom is -0.508 e. The number of phenols is 1. The molecule has 0 heterocycles. The molecule has 4 nitrogen and oxygen atoms in total. The van der Waals surface area contributed by atoms with Crippen molar-refractivity contribution >= 4 is 11.6 Å². The van der Waals surface area contributed by atoms with E-state index in [1.165, 1.54) is 0 Å². The van der Waals surface area contributed by atoms with E-state index in [2.05, 4.69) is 5.32 Å². The van der Waals surface area contributed by atoms with E-state index < -0.39 is 0 Å². The van der Waals surface area contributed by atoms with Gasteiger partial charge < -0.3 is 15.3 Å². The van der Waals surface area contributed by atoms with E-state index in [-0.39, 0.29) is 17.6 Å². The molecule has 0 saturated carbocycles. The van der Waals surface area contributed by atoms with Gasteiger partial charge in [0.2, 0.25) is 5.91 Å². The molecule has 1 atom stereocenters. The van der Waals surface area contributed by atoms with E-state index in [1.54, 1.807) is 23.1 Å². The molecule has 94 valence electrons. The van der Waals surface area contributed by atoms with Crippen molar-refractivity contribution in [3.63, 3.8) is 0 Å². The van der Waals surface area contributed by atoms with Crippen LogP contribution in [0.5, 0.6) is 5.75 Å². The maximum atomic E-state index is 12.2. The number of hydrogen-bond donors (Lipinski definition) is 2. The second kappa shape index (κ2) is 6.25. The van der Waals surface area contributed by atoms with Crippen molar-refractivity contribution in [2.75, 3.05) is 25.0 Å². The number of carbonyl (C=O) groups is 1. The van der Waals surface area contributed by atoms with Crippen LogP contribution in [0.25, 0.3) is 0 Å². The summed E-state index contributed by atoms with van der Waals surface area (Å²) in [4.78, 5) is 13.9. The molecule has 17 heavy (non-hydrogen) atoms. The van der Waals surface area contributed by atoms with Gasteiger partial charge in [-0.25, -0.2) is 0 Å². The van der Waals surface area contributed by atoms with Gasteiger partial charge in [-0.2, -0.15) is 0 Å². The topological polar surface area (TPSA) is 52.6 Å². The molecular formula is C13H20N2O2. The minimum atomic E-state index is -0.0812. The molecule has 2 N–H and O–H groups in total. The van der Waals surface area contributed by atoms with Crippen LogP contribution >= 0.6 is 0 Å². The van der Waals surface area contributed by atoms with Crippen molar-refractivity contribution in [2.45, 2.75) is 13.8 Å². The van der Waals surface area contributed by atoms with Crippen molar-refractivity contribution in [3.05, 3.63) is 24.3 Å². The minimum absolute atomic E-state index is 0.0625. The van der Waals surface area contributed by atoms with E-state index in [0.29, 0.717) is 13.1 Å². The second-order valence-electron chi connectivity index (χ2n) is 4.06. The summed E-state index contributed by atoms with van der Waals surface area (Å²) in [6.07, 6.45) is 0. The molecule has 1 rings (SSSR count). The molecule has 0 radical (unpaired) electrons. The first-order valence-corrected chi connectivity index (χ1v) is 5.85. The van der Waals surface area contributed by atoms with E-state index in [0.717, 1.165) is 5.69 Å². The SMILES string of the molecule is CCN(C(=O)C(C)CNC)c1cccc(O)c1. The Morgan fingerprint density at radius 3 is 2.76 bits per heavy atom. The summed E-state index contributed by atoms with van der Waals surface area (Å²) < 4.78 is 0. The number of nitrogens with one attached hydrogen (secondary N) is 1. The average molecular weight is 236 g/mol. The normalized spacial score (nSPS) is 12.2. The molecule has 0 spiro atoms. The third-order valence-electron chi connectivity index (χ3n) is 2.66. The first kappa shape index (κ1) is 13.5. The monoisotopic (exact) mass is 236 g/mol. The highest BCUT2D eigenvalue weighted by Gasteiger charge is 2.20. The van der Waals surface area contributed by atoms with Crippen LogP contribution in [-0.4, -0.2) is 31.2 Å². The van der Waals surface area contributed by atoms with Gasteiger partial charge in [-0.15, -0.1) is 0 Å². The first-order valence-electron chi connectivity index (χ1n) is 5.85. The fourth-order valence-electron chi connectivity index (χ4n) is 1.79. The fourth-order valence-corrected chi connectivity index (χ4v) is 1.79. The van der Waals surface area contributed by atoms with E-state index >= 15 is 0 Å². The molecule has 1 aromatic rings. The molecule has 0 aliphatic carbocycles. The largest absolute Gasteiger partial charge is 0.508 e. The number of carbonyl (C=O) groups excluding carboxylic acids is 1. The molecule has 0 aliphatic heterocycles. The lowest BCUT2D eigenvalue weighted by Crippen LogP contribution is -2.38. The molecular weight excluding hydrogens is 216 g/mol. The first-order chi connectivity index (χ1) is 8.10. The Kier molecular flexibility index (Phi) is 4.97. The van der Waals surface area contributed by atoms with Gasteiger partial charge in [0.1, 0.15) is 5.75 Å². The summed E-state index contributed by atoms with van der Waals surface area (Å²) in [5, 5.41) is 12.4. The van der Waals surface area contributed by atoms with Crippen LogP contribution in [0, 0.1) is 5.92 Å². The Hall–Kier alpha value is -1.55. The molecule has 1 aromatic carbocycles. The summed E-state index contributed by atoms with van der Waals surface area (Å²) in [7, 11) is 1.83. The summed E-state index contributed by atoms with van der Waals surface area (Å²) in [5.41, 5.74) is 0.737. The molecule has 0 aromatic heterocycles. The van der Waals surface area contributed by atoms with Crippen LogP contribution in [0.2, 0.25) is 0 Å². The van der Waals surface area contributed by atoms with Crippen LogP contribution in [0.15, 0.2) is 24.3 Å². The van der Waals surface area contributed by atoms with Gasteiger partial charge in [0, 0.05) is 30.8 Å². The van der Waals surface area contributed by atoms with Crippen LogP contribution in [0.1, 0.15) is 13.8 Å². The van der Waals surface area contributed by atoms with E-state index in [4.69, 9.17) is 0 Å². The number of anilines is 1. The van der Waals surface area contributed by atoms with Crippen LogP contribution in [-0.2, 0) is 4.79 Å². The molecule has 0 bridgehead atoms. The Bertz CT molecular complexity index is 379. The Morgan fingerprint density at radius 1 is 1.53 bits per heavy atom. The third kappa shape index (κ3) is 3.46. The third-order valence-corrected chi connectivity index (χ3v) is 2.66. The summed E-state index contributed by atoms with van der Waals surface area (Å²) in [6.45, 7) is 5.06. The van der Waals surface area contributed by atoms with Gasteiger partial charge in [-0.1, -0.05) is 13.0 Å². The van der Waals surface area contributed by atoms with Gasteiger partial charge in [0.15, 0.2) is 0 Å². The predicted molar refractivity (Wildman–Crippen MR) is 69.2 cm³/mol. The van der Waals surface area contributed by atoms with Crippen molar-refractivity contribution in [1.29, 1.82) is 0 Å². The van der Waals surface area contributed by atoms with Gasteiger partial charge in [-0.05, 0) is 26.1 Å². The smallest absolute Gasteiger partial charge is 0.231 e. The predicted octanol–water partition coefficient (Wildman–Crippen LogP) is 1.60. The van der Waals surface area contributed by atoms with Gasteiger partial charge >= 0.3 is 0 Å². The quantitative estimate of drug-likeness (QED) is 0.816. The highest BCUT2D eigenvalue weighted by atomic mass is 16.3. The molecule has 0 fully saturated rings. The van der Waals surface area contributed by atoms with Crippen LogP contribution in [0.4, 0.5) is 5.69 Å². The van der Waals surface area contributed by atoms with E-state index in [9.17, 15) is 9.90 Å². The summed E-state index contributed by atoms with van der Waals surface area (Å²) in [5.74, 6) is 0.157. The highest BCUT2D eigenvalue weighted by Crippen LogP contribution is 2.21. The molecule has 0 saturated heterocycles. The second-order valence-corrected chi connectivity index (χ2v) is 4.06. The van der Waals surface area contributed by atoms with Gasteiger partial charge in [0.05, 0.1) is 0 Å². The lowest BCUT2D eigenvalue weighted by atomic mass is 10.1. The maximum absolute atomic E-state index is 12.2. The lowest BCUT2D eigenvalue weighted by molar-refractivity contribution is -0.121. The van der Waals surface area contributed by atoms with Crippen molar-refractivity contribution < 1.29 is 9.90 Å². The molecule has 1 unspecified atom stereocenters. The number of amides is 1. The van der Waals surface area contributed by atoms with Crippen LogP contribution in [0.3, 0.4) is 0 Å². The Labute approximate surface area is 102 Å². The number of phenolic OH excluding ortho intramolecular Hbond substituents is 1. The highest BCUT2D eigenvalue weighted by molar-refractivity contribution is 5.95. The number of aromatic hydroxyl groups is 1. The van der Waals surface area contributed by atoms with E-state index in [1.807, 2.05) is 27.0 Å². The lowest BCUT2D eigenvalue weighted by Gasteiger charge is -2.24. The molecule has 4 heteroatoms. The van der Waals surface area contributed by atoms with Crippen molar-refractivity contribution in [1.82, 2.24) is 5.32 Å². The summed E-state index contributed by atoms with van der Waals surface area (Å²) in [6, 6.07) is 6.77. The average Bonchev–Trinajstić information content (AvgIpc) is 2.30. The number of hydrogen-bond acceptors (Lipinski definition) is 3. The maximum Gasteiger partial charge on any atom is 0.231 e. The zero-order valence-electron chi connectivity index (χ0n) is 10.6. The number of benzene rings is 1. The number of nitrogens with zero attached hydrogens (tertiary/aromatic N) is 1. The van der Waals surface area contributed by atoms with Crippen LogP contribution < -0.4 is 10.2 Å². The summed E-state index contributed by atoms with van der Waals surface area (Å²) >= 11 is 0. The Morgan fingerprint density at radius 2 is 2.24 bits per heavy atom. The number of rotatable bonds is 5.